The summed E-state index contributed by atoms with van der Waals surface area (Å²) in [7, 11) is -3.29. The number of nitrogens with one attached hydrogen (secondary N) is 1. The van der Waals surface area contributed by atoms with E-state index < -0.39 is 10.4 Å². The molecule has 7 heteroatoms. The molecule has 0 bridgehead atoms. The quantitative estimate of drug-likeness (QED) is 0.547. The highest BCUT2D eigenvalue weighted by Gasteiger charge is 1.94. The summed E-state index contributed by atoms with van der Waals surface area (Å²) in [5.74, 6) is 0. The van der Waals surface area contributed by atoms with Crippen LogP contribution in [-0.4, -0.2) is 46.4 Å². The van der Waals surface area contributed by atoms with Crippen LogP contribution in [0.4, 0.5) is 0 Å². The third kappa shape index (κ3) is 23.2. The third-order valence-corrected chi connectivity index (χ3v) is 1.64. The zero-order valence-corrected chi connectivity index (χ0v) is 10.2. The van der Waals surface area contributed by atoms with Gasteiger partial charge in [-0.1, -0.05) is 25.3 Å². The largest absolute Gasteiger partial charge is 0.397 e. The lowest BCUT2D eigenvalue weighted by Gasteiger charge is -2.10. The van der Waals surface area contributed by atoms with Crippen LogP contribution < -0.4 is 5.32 Å². The maximum Gasteiger partial charge on any atom is 0.397 e. The Balaban J connectivity index is 0. The van der Waals surface area contributed by atoms with Crippen molar-refractivity contribution < 1.29 is 21.9 Å². The Bertz CT molecular complexity index is 242. The second kappa shape index (κ2) is 12.3. The molecule has 0 radical (unpaired) electrons. The molecular formula is C9H19NO5S. The minimum absolute atomic E-state index is 0.870. The van der Waals surface area contributed by atoms with Crippen LogP contribution in [0.25, 0.3) is 0 Å². The summed E-state index contributed by atoms with van der Waals surface area (Å²) in [6.07, 6.45) is 3.28. The molecule has 16 heavy (non-hydrogen) atoms. The first kappa shape index (κ1) is 17.7. The fourth-order valence-electron chi connectivity index (χ4n) is 0.516. The van der Waals surface area contributed by atoms with E-state index >= 15 is 0 Å². The van der Waals surface area contributed by atoms with Crippen molar-refractivity contribution >= 4 is 10.4 Å². The first-order valence-corrected chi connectivity index (χ1v) is 5.89. The Labute approximate surface area is 96.9 Å². The van der Waals surface area contributed by atoms with Crippen LogP contribution >= 0.6 is 0 Å². The molecule has 0 aromatic heterocycles. The van der Waals surface area contributed by atoms with Crippen molar-refractivity contribution in [1.29, 1.82) is 0 Å². The van der Waals surface area contributed by atoms with Gasteiger partial charge in [-0.05, 0) is 0 Å². The fraction of sp³-hybridized carbons (Fsp3) is 0.556. The summed E-state index contributed by atoms with van der Waals surface area (Å²) in [5.41, 5.74) is 0. The number of ether oxygens (including phenoxy) is 1. The molecule has 0 spiro atoms. The Hall–Kier alpha value is -0.730. The van der Waals surface area contributed by atoms with Crippen LogP contribution in [0.1, 0.15) is 0 Å². The van der Waals surface area contributed by atoms with Gasteiger partial charge in [-0.15, -0.1) is 0 Å². The minimum Gasteiger partial charge on any atom is -0.379 e. The summed E-state index contributed by atoms with van der Waals surface area (Å²) in [5, 5.41) is 3.16. The molecule has 0 aromatic carbocycles. The number of allylic oxidation sites excluding steroid dienone is 2. The van der Waals surface area contributed by atoms with Crippen molar-refractivity contribution in [2.45, 2.75) is 0 Å². The van der Waals surface area contributed by atoms with Crippen LogP contribution in [-0.2, 0) is 19.3 Å². The predicted octanol–water partition coefficient (Wildman–Crippen LogP) is 0.400. The Morgan fingerprint density at radius 2 is 1.69 bits per heavy atom. The van der Waals surface area contributed by atoms with Gasteiger partial charge in [-0.2, -0.15) is 8.42 Å². The lowest BCUT2D eigenvalue weighted by Crippen LogP contribution is -2.30. The molecule has 1 heterocycles. The lowest BCUT2D eigenvalue weighted by atomic mass is 10.5. The van der Waals surface area contributed by atoms with E-state index in [4.69, 9.17) is 9.29 Å². The summed E-state index contributed by atoms with van der Waals surface area (Å²) >= 11 is 0. The van der Waals surface area contributed by atoms with Gasteiger partial charge in [0.25, 0.3) is 0 Å². The second-order valence-electron chi connectivity index (χ2n) is 2.43. The van der Waals surface area contributed by atoms with Gasteiger partial charge >= 0.3 is 10.4 Å². The third-order valence-electron chi connectivity index (χ3n) is 1.22. The van der Waals surface area contributed by atoms with Crippen LogP contribution in [0.2, 0.25) is 0 Å². The Kier molecular flexibility index (Phi) is 13.6. The molecule has 1 aliphatic rings. The predicted molar refractivity (Wildman–Crippen MR) is 62.6 cm³/mol. The number of hydrogen-bond donors (Lipinski definition) is 2. The maximum absolute atomic E-state index is 9.33. The minimum atomic E-state index is -4.16. The molecule has 1 aliphatic heterocycles. The van der Waals surface area contributed by atoms with Crippen molar-refractivity contribution in [2.75, 3.05) is 33.4 Å². The van der Waals surface area contributed by atoms with Crippen molar-refractivity contribution in [2.24, 2.45) is 0 Å². The molecule has 0 saturated carbocycles. The Morgan fingerprint density at radius 3 is 1.75 bits per heavy atom. The number of morpholine rings is 1. The molecule has 0 aliphatic carbocycles. The van der Waals surface area contributed by atoms with Gasteiger partial charge in [-0.3, -0.25) is 8.74 Å². The van der Waals surface area contributed by atoms with Crippen molar-refractivity contribution in [3.63, 3.8) is 0 Å². The summed E-state index contributed by atoms with van der Waals surface area (Å²) < 4.78 is 34.7. The molecule has 96 valence electrons. The van der Waals surface area contributed by atoms with E-state index in [0.717, 1.165) is 33.4 Å². The van der Waals surface area contributed by atoms with Gasteiger partial charge in [0, 0.05) is 13.1 Å². The summed E-state index contributed by atoms with van der Waals surface area (Å²) in [6, 6.07) is 0. The van der Waals surface area contributed by atoms with Gasteiger partial charge in [0.1, 0.15) is 0 Å². The molecule has 2 N–H and O–H groups in total. The average molecular weight is 253 g/mol. The van der Waals surface area contributed by atoms with Crippen LogP contribution in [0.3, 0.4) is 0 Å². The molecule has 0 atom stereocenters. The molecule has 1 fully saturated rings. The van der Waals surface area contributed by atoms with E-state index in [1.807, 2.05) is 0 Å². The van der Waals surface area contributed by atoms with E-state index in [9.17, 15) is 8.42 Å². The van der Waals surface area contributed by atoms with Gasteiger partial charge in [0.05, 0.1) is 20.3 Å². The standard InChI is InChI=1S/C4H9NO.C4H6.CH4O4S/c1-3-6-4-2-5-1;1-3-4-2;1-5-6(2,3)4/h5H,1-4H2;3-4H,1-2H2;1H3,(H,2,3,4). The maximum atomic E-state index is 9.33. The van der Waals surface area contributed by atoms with Gasteiger partial charge in [0.15, 0.2) is 0 Å². The number of rotatable bonds is 2. The number of hydrogen-bond acceptors (Lipinski definition) is 5. The molecular weight excluding hydrogens is 234 g/mol. The van der Waals surface area contributed by atoms with Gasteiger partial charge in [-0.25, -0.2) is 0 Å². The second-order valence-corrected chi connectivity index (χ2v) is 3.62. The van der Waals surface area contributed by atoms with Crippen molar-refractivity contribution in [3.05, 3.63) is 25.3 Å². The normalized spacial score (nSPS) is 14.6. The van der Waals surface area contributed by atoms with Crippen LogP contribution in [0.5, 0.6) is 0 Å². The Morgan fingerprint density at radius 1 is 1.31 bits per heavy atom. The zero-order valence-electron chi connectivity index (χ0n) is 9.39. The van der Waals surface area contributed by atoms with Crippen molar-refractivity contribution in [1.82, 2.24) is 5.32 Å². The van der Waals surface area contributed by atoms with E-state index in [-0.39, 0.29) is 0 Å². The highest BCUT2D eigenvalue weighted by atomic mass is 32.3. The lowest BCUT2D eigenvalue weighted by molar-refractivity contribution is 0.109. The molecule has 1 rings (SSSR count). The van der Waals surface area contributed by atoms with E-state index in [1.165, 1.54) is 0 Å². The van der Waals surface area contributed by atoms with Crippen molar-refractivity contribution in [3.8, 4) is 0 Å². The monoisotopic (exact) mass is 253 g/mol. The van der Waals surface area contributed by atoms with E-state index in [1.54, 1.807) is 12.2 Å². The topological polar surface area (TPSA) is 84.9 Å². The molecule has 0 aromatic rings. The average Bonchev–Trinajstić information content (AvgIpc) is 2.31. The fourth-order valence-corrected chi connectivity index (χ4v) is 0.516. The summed E-state index contributed by atoms with van der Waals surface area (Å²) in [6.45, 7) is 10.6. The highest BCUT2D eigenvalue weighted by Crippen LogP contribution is 1.76. The molecule has 1 saturated heterocycles. The molecule has 6 nitrogen and oxygen atoms in total. The molecule has 0 amide bonds. The summed E-state index contributed by atoms with van der Waals surface area (Å²) in [4.78, 5) is 0. The highest BCUT2D eigenvalue weighted by molar-refractivity contribution is 7.80. The van der Waals surface area contributed by atoms with Gasteiger partial charge in [0.2, 0.25) is 0 Å². The first-order chi connectivity index (χ1) is 7.47. The zero-order chi connectivity index (χ0) is 12.9. The van der Waals surface area contributed by atoms with E-state index in [2.05, 4.69) is 22.7 Å². The van der Waals surface area contributed by atoms with Gasteiger partial charge < -0.3 is 10.1 Å². The smallest absolute Gasteiger partial charge is 0.379 e. The van der Waals surface area contributed by atoms with E-state index in [0.29, 0.717) is 0 Å². The SMILES string of the molecule is C1COCCN1.C=CC=C.COS(=O)(=O)O. The van der Waals surface area contributed by atoms with Crippen LogP contribution in [0, 0.1) is 0 Å². The molecule has 0 unspecified atom stereocenters. The van der Waals surface area contributed by atoms with Crippen LogP contribution in [0.15, 0.2) is 25.3 Å². The first-order valence-electron chi connectivity index (χ1n) is 4.53.